The number of hydrogen-bond acceptors (Lipinski definition) is 2. The van der Waals surface area contributed by atoms with Gasteiger partial charge in [0, 0.05) is 35.7 Å². The Kier molecular flexibility index (Phi) is 4.34. The SMILES string of the molecule is CC1(C)CC(=O)C2=C(C1)c1c(ccc3ccccc13)NC2c1cccc(C(C)(F)F)c1. The van der Waals surface area contributed by atoms with Gasteiger partial charge in [-0.15, -0.1) is 0 Å². The van der Waals surface area contributed by atoms with Crippen LogP contribution in [0.1, 0.15) is 56.3 Å². The fourth-order valence-corrected chi connectivity index (χ4v) is 5.08. The molecule has 0 saturated heterocycles. The Labute approximate surface area is 181 Å². The Balaban J connectivity index is 1.76. The summed E-state index contributed by atoms with van der Waals surface area (Å²) < 4.78 is 28.1. The van der Waals surface area contributed by atoms with Crippen LogP contribution in [0.2, 0.25) is 0 Å². The van der Waals surface area contributed by atoms with Gasteiger partial charge in [0.15, 0.2) is 5.78 Å². The molecule has 2 aliphatic rings. The molecular formula is C27H25F2NO. The van der Waals surface area contributed by atoms with Crippen molar-refractivity contribution in [2.45, 2.75) is 45.6 Å². The van der Waals surface area contributed by atoms with Crippen molar-refractivity contribution in [3.63, 3.8) is 0 Å². The first-order chi connectivity index (χ1) is 14.6. The van der Waals surface area contributed by atoms with Crippen LogP contribution in [-0.4, -0.2) is 5.78 Å². The van der Waals surface area contributed by atoms with Gasteiger partial charge >= 0.3 is 0 Å². The zero-order chi connectivity index (χ0) is 22.0. The summed E-state index contributed by atoms with van der Waals surface area (Å²) in [6.07, 6.45) is 1.23. The first kappa shape index (κ1) is 19.9. The Morgan fingerprint density at radius 2 is 1.77 bits per heavy atom. The van der Waals surface area contributed by atoms with Gasteiger partial charge in [0.25, 0.3) is 5.92 Å². The average Bonchev–Trinajstić information content (AvgIpc) is 2.71. The van der Waals surface area contributed by atoms with E-state index in [-0.39, 0.29) is 16.8 Å². The summed E-state index contributed by atoms with van der Waals surface area (Å²) >= 11 is 0. The summed E-state index contributed by atoms with van der Waals surface area (Å²) in [5.74, 6) is -2.84. The standard InChI is InChI=1S/C27H25F2NO/c1-26(2)14-20-23-19-10-5-4-7-16(19)11-12-21(23)30-25(24(20)22(31)15-26)17-8-6-9-18(13-17)27(3,28)29/h4-13,25,30H,14-15H2,1-3H3. The minimum Gasteiger partial charge on any atom is -0.373 e. The van der Waals surface area contributed by atoms with Crippen LogP contribution in [0.15, 0.2) is 66.2 Å². The van der Waals surface area contributed by atoms with E-state index in [1.54, 1.807) is 6.07 Å². The number of ketones is 1. The lowest BCUT2D eigenvalue weighted by Crippen LogP contribution is -2.33. The van der Waals surface area contributed by atoms with Crippen LogP contribution in [0, 0.1) is 5.41 Å². The van der Waals surface area contributed by atoms with Crippen LogP contribution in [0.3, 0.4) is 0 Å². The maximum atomic E-state index is 14.0. The van der Waals surface area contributed by atoms with E-state index in [2.05, 4.69) is 37.4 Å². The van der Waals surface area contributed by atoms with Crippen LogP contribution in [0.5, 0.6) is 0 Å². The highest BCUT2D eigenvalue weighted by molar-refractivity contribution is 6.12. The number of hydrogen-bond donors (Lipinski definition) is 1. The van der Waals surface area contributed by atoms with E-state index in [4.69, 9.17) is 0 Å². The molecule has 0 radical (unpaired) electrons. The molecule has 158 valence electrons. The molecule has 0 aromatic heterocycles. The number of halogens is 2. The molecule has 0 spiro atoms. The number of fused-ring (bicyclic) bond motifs is 4. The van der Waals surface area contributed by atoms with E-state index >= 15 is 0 Å². The lowest BCUT2D eigenvalue weighted by molar-refractivity contribution is -0.118. The highest BCUT2D eigenvalue weighted by atomic mass is 19.3. The first-order valence-corrected chi connectivity index (χ1v) is 10.7. The van der Waals surface area contributed by atoms with Crippen molar-refractivity contribution in [1.82, 2.24) is 0 Å². The van der Waals surface area contributed by atoms with Gasteiger partial charge in [-0.2, -0.15) is 0 Å². The number of anilines is 1. The van der Waals surface area contributed by atoms with Crippen molar-refractivity contribution in [3.05, 3.63) is 82.9 Å². The van der Waals surface area contributed by atoms with Crippen molar-refractivity contribution in [1.29, 1.82) is 0 Å². The molecule has 0 saturated carbocycles. The molecule has 1 aliphatic heterocycles. The number of allylic oxidation sites excluding steroid dienone is 1. The zero-order valence-electron chi connectivity index (χ0n) is 17.9. The third kappa shape index (κ3) is 3.34. The van der Waals surface area contributed by atoms with Crippen molar-refractivity contribution in [2.75, 3.05) is 5.32 Å². The third-order valence-electron chi connectivity index (χ3n) is 6.47. The number of carbonyl (C=O) groups excluding carboxylic acids is 1. The van der Waals surface area contributed by atoms with Gasteiger partial charge in [-0.25, -0.2) is 8.78 Å². The van der Waals surface area contributed by atoms with Gasteiger partial charge in [0.05, 0.1) is 6.04 Å². The minimum atomic E-state index is -2.94. The van der Waals surface area contributed by atoms with E-state index in [0.717, 1.165) is 46.5 Å². The molecule has 5 rings (SSSR count). The van der Waals surface area contributed by atoms with Crippen molar-refractivity contribution in [3.8, 4) is 0 Å². The molecule has 1 unspecified atom stereocenters. The van der Waals surface area contributed by atoms with Crippen LogP contribution in [0.4, 0.5) is 14.5 Å². The molecule has 0 bridgehead atoms. The average molecular weight is 417 g/mol. The number of carbonyl (C=O) groups is 1. The Hall–Kier alpha value is -3.01. The van der Waals surface area contributed by atoms with Crippen molar-refractivity contribution < 1.29 is 13.6 Å². The van der Waals surface area contributed by atoms with E-state index in [1.807, 2.05) is 24.3 Å². The maximum Gasteiger partial charge on any atom is 0.270 e. The fourth-order valence-electron chi connectivity index (χ4n) is 5.08. The lowest BCUT2D eigenvalue weighted by atomic mass is 9.68. The molecular weight excluding hydrogens is 392 g/mol. The summed E-state index contributed by atoms with van der Waals surface area (Å²) in [7, 11) is 0. The quantitative estimate of drug-likeness (QED) is 0.475. The summed E-state index contributed by atoms with van der Waals surface area (Å²) in [6, 6.07) is 18.3. The summed E-state index contributed by atoms with van der Waals surface area (Å²) in [6.45, 7) is 5.14. The Morgan fingerprint density at radius 3 is 2.55 bits per heavy atom. The minimum absolute atomic E-state index is 0.0400. The van der Waals surface area contributed by atoms with E-state index in [1.165, 1.54) is 12.1 Å². The number of nitrogens with one attached hydrogen (secondary N) is 1. The normalized spacial score (nSPS) is 20.3. The smallest absolute Gasteiger partial charge is 0.270 e. The molecule has 1 heterocycles. The highest BCUT2D eigenvalue weighted by Crippen LogP contribution is 2.52. The molecule has 1 atom stereocenters. The largest absolute Gasteiger partial charge is 0.373 e. The maximum absolute atomic E-state index is 14.0. The Bertz CT molecular complexity index is 1250. The van der Waals surface area contributed by atoms with Crippen molar-refractivity contribution >= 4 is 27.8 Å². The molecule has 3 aromatic carbocycles. The predicted molar refractivity (Wildman–Crippen MR) is 121 cm³/mol. The molecule has 1 aliphatic carbocycles. The van der Waals surface area contributed by atoms with E-state index in [0.29, 0.717) is 12.0 Å². The molecule has 31 heavy (non-hydrogen) atoms. The van der Waals surface area contributed by atoms with Gasteiger partial charge < -0.3 is 5.32 Å². The monoisotopic (exact) mass is 417 g/mol. The molecule has 0 amide bonds. The second-order valence-corrected chi connectivity index (χ2v) is 9.63. The van der Waals surface area contributed by atoms with Crippen LogP contribution in [0.25, 0.3) is 16.3 Å². The lowest BCUT2D eigenvalue weighted by Gasteiger charge is -2.40. The zero-order valence-corrected chi connectivity index (χ0v) is 17.9. The molecule has 4 heteroatoms. The number of alkyl halides is 2. The molecule has 1 N–H and O–H groups in total. The van der Waals surface area contributed by atoms with E-state index < -0.39 is 12.0 Å². The van der Waals surface area contributed by atoms with E-state index in [9.17, 15) is 13.6 Å². The number of Topliss-reactive ketones (excluding diaryl/α,β-unsaturated/α-hetero) is 1. The van der Waals surface area contributed by atoms with Crippen LogP contribution < -0.4 is 5.32 Å². The molecule has 3 aromatic rings. The summed E-state index contributed by atoms with van der Waals surface area (Å²) in [5.41, 5.74) is 4.29. The topological polar surface area (TPSA) is 29.1 Å². The molecule has 0 fully saturated rings. The second kappa shape index (κ2) is 6.74. The second-order valence-electron chi connectivity index (χ2n) is 9.63. The number of rotatable bonds is 2. The van der Waals surface area contributed by atoms with Crippen molar-refractivity contribution in [2.24, 2.45) is 5.41 Å². The van der Waals surface area contributed by atoms with Gasteiger partial charge in [-0.3, -0.25) is 4.79 Å². The third-order valence-corrected chi connectivity index (χ3v) is 6.47. The first-order valence-electron chi connectivity index (χ1n) is 10.7. The van der Waals surface area contributed by atoms with Gasteiger partial charge in [0.1, 0.15) is 0 Å². The highest BCUT2D eigenvalue weighted by Gasteiger charge is 2.41. The summed E-state index contributed by atoms with van der Waals surface area (Å²) in [4.78, 5) is 13.4. The molecule has 2 nitrogen and oxygen atoms in total. The Morgan fingerprint density at radius 1 is 1.00 bits per heavy atom. The fraction of sp³-hybridized carbons (Fsp3) is 0.296. The van der Waals surface area contributed by atoms with Gasteiger partial charge in [-0.05, 0) is 45.9 Å². The summed E-state index contributed by atoms with van der Waals surface area (Å²) in [5, 5.41) is 5.75. The van der Waals surface area contributed by atoms with Crippen LogP contribution >= 0.6 is 0 Å². The number of benzene rings is 3. The predicted octanol–water partition coefficient (Wildman–Crippen LogP) is 7.26. The van der Waals surface area contributed by atoms with Gasteiger partial charge in [0.2, 0.25) is 0 Å². The van der Waals surface area contributed by atoms with Crippen LogP contribution in [-0.2, 0) is 10.7 Å². The van der Waals surface area contributed by atoms with Gasteiger partial charge in [-0.1, -0.05) is 62.4 Å².